The van der Waals surface area contributed by atoms with Crippen molar-refractivity contribution in [2.24, 2.45) is 5.92 Å². The first-order valence-corrected chi connectivity index (χ1v) is 7.36. The summed E-state index contributed by atoms with van der Waals surface area (Å²) in [7, 11) is 0. The molecular formula is C14H23N5. The number of hydrogen-bond acceptors (Lipinski definition) is 5. The lowest BCUT2D eigenvalue weighted by Gasteiger charge is -2.33. The van der Waals surface area contributed by atoms with Gasteiger partial charge in [0, 0.05) is 26.2 Å². The zero-order chi connectivity index (χ0) is 13.2. The molecule has 1 aromatic heterocycles. The number of aromatic nitrogens is 2. The van der Waals surface area contributed by atoms with Gasteiger partial charge in [0.1, 0.15) is 12.0 Å². The van der Waals surface area contributed by atoms with Gasteiger partial charge in [0.2, 0.25) is 0 Å². The standard InChI is InChI=1S/C14H23N5/c1-11-5-4-8-19(9-11)14-12(15)13(16-10-17-14)18-6-2-3-7-18/h10-11H,2-9,15H2,1H3. The molecular weight excluding hydrogens is 238 g/mol. The van der Waals surface area contributed by atoms with E-state index in [1.807, 2.05) is 0 Å². The van der Waals surface area contributed by atoms with E-state index in [1.165, 1.54) is 25.7 Å². The lowest BCUT2D eigenvalue weighted by atomic mass is 10.0. The van der Waals surface area contributed by atoms with Crippen LogP contribution in [-0.2, 0) is 0 Å². The molecule has 1 unspecified atom stereocenters. The van der Waals surface area contributed by atoms with E-state index in [-0.39, 0.29) is 0 Å². The van der Waals surface area contributed by atoms with E-state index in [4.69, 9.17) is 5.73 Å². The zero-order valence-corrected chi connectivity index (χ0v) is 11.7. The average molecular weight is 261 g/mol. The Hall–Kier alpha value is -1.52. The Kier molecular flexibility index (Phi) is 3.44. The number of nitrogen functional groups attached to an aromatic ring is 1. The van der Waals surface area contributed by atoms with Crippen molar-refractivity contribution in [1.82, 2.24) is 9.97 Å². The van der Waals surface area contributed by atoms with Crippen LogP contribution < -0.4 is 15.5 Å². The largest absolute Gasteiger partial charge is 0.393 e. The van der Waals surface area contributed by atoms with E-state index >= 15 is 0 Å². The van der Waals surface area contributed by atoms with Gasteiger partial charge in [-0.3, -0.25) is 0 Å². The van der Waals surface area contributed by atoms with Crippen molar-refractivity contribution in [2.75, 3.05) is 41.7 Å². The van der Waals surface area contributed by atoms with E-state index < -0.39 is 0 Å². The predicted octanol–water partition coefficient (Wildman–Crippen LogP) is 1.90. The topological polar surface area (TPSA) is 58.3 Å². The van der Waals surface area contributed by atoms with Crippen molar-refractivity contribution in [2.45, 2.75) is 32.6 Å². The summed E-state index contributed by atoms with van der Waals surface area (Å²) in [5.74, 6) is 2.59. The van der Waals surface area contributed by atoms with Crippen LogP contribution in [0.25, 0.3) is 0 Å². The first kappa shape index (κ1) is 12.5. The Morgan fingerprint density at radius 1 is 1.05 bits per heavy atom. The molecule has 1 atom stereocenters. The maximum Gasteiger partial charge on any atom is 0.157 e. The molecule has 3 rings (SSSR count). The summed E-state index contributed by atoms with van der Waals surface area (Å²) in [6.45, 7) is 6.55. The van der Waals surface area contributed by atoms with Crippen molar-refractivity contribution < 1.29 is 0 Å². The molecule has 2 fully saturated rings. The molecule has 2 aliphatic rings. The Labute approximate surface area is 114 Å². The summed E-state index contributed by atoms with van der Waals surface area (Å²) in [5, 5.41) is 0. The Bertz CT molecular complexity index is 441. The van der Waals surface area contributed by atoms with Crippen LogP contribution in [-0.4, -0.2) is 36.1 Å². The van der Waals surface area contributed by atoms with E-state index in [1.54, 1.807) is 6.33 Å². The third-order valence-electron chi connectivity index (χ3n) is 4.20. The number of piperidine rings is 1. The van der Waals surface area contributed by atoms with E-state index in [0.29, 0.717) is 0 Å². The molecule has 0 bridgehead atoms. The number of nitrogens with two attached hydrogens (primary N) is 1. The Balaban J connectivity index is 1.87. The monoisotopic (exact) mass is 261 g/mol. The number of hydrogen-bond donors (Lipinski definition) is 1. The van der Waals surface area contributed by atoms with Gasteiger partial charge in [-0.05, 0) is 31.6 Å². The van der Waals surface area contributed by atoms with Crippen molar-refractivity contribution in [3.63, 3.8) is 0 Å². The second-order valence-corrected chi connectivity index (χ2v) is 5.82. The van der Waals surface area contributed by atoms with Crippen molar-refractivity contribution in [3.8, 4) is 0 Å². The highest BCUT2D eigenvalue weighted by atomic mass is 15.3. The van der Waals surface area contributed by atoms with Crippen LogP contribution in [0.5, 0.6) is 0 Å². The van der Waals surface area contributed by atoms with Gasteiger partial charge in [0.05, 0.1) is 0 Å². The fourth-order valence-corrected chi connectivity index (χ4v) is 3.19. The second-order valence-electron chi connectivity index (χ2n) is 5.82. The lowest BCUT2D eigenvalue weighted by molar-refractivity contribution is 0.445. The predicted molar refractivity (Wildman–Crippen MR) is 78.5 cm³/mol. The highest BCUT2D eigenvalue weighted by Gasteiger charge is 2.23. The minimum Gasteiger partial charge on any atom is -0.393 e. The number of rotatable bonds is 2. The third kappa shape index (κ3) is 2.46. The fraction of sp³-hybridized carbons (Fsp3) is 0.714. The highest BCUT2D eigenvalue weighted by Crippen LogP contribution is 2.32. The molecule has 5 nitrogen and oxygen atoms in total. The quantitative estimate of drug-likeness (QED) is 0.881. The minimum absolute atomic E-state index is 0.721. The summed E-state index contributed by atoms with van der Waals surface area (Å²) in [4.78, 5) is 13.4. The van der Waals surface area contributed by atoms with Crippen LogP contribution in [0, 0.1) is 5.92 Å². The van der Waals surface area contributed by atoms with Crippen molar-refractivity contribution in [3.05, 3.63) is 6.33 Å². The van der Waals surface area contributed by atoms with Gasteiger partial charge in [-0.15, -0.1) is 0 Å². The van der Waals surface area contributed by atoms with Crippen LogP contribution in [0.4, 0.5) is 17.3 Å². The molecule has 19 heavy (non-hydrogen) atoms. The van der Waals surface area contributed by atoms with Crippen molar-refractivity contribution in [1.29, 1.82) is 0 Å². The van der Waals surface area contributed by atoms with Crippen LogP contribution in [0.15, 0.2) is 6.33 Å². The average Bonchev–Trinajstić information content (AvgIpc) is 2.93. The Morgan fingerprint density at radius 3 is 2.37 bits per heavy atom. The maximum atomic E-state index is 6.33. The summed E-state index contributed by atoms with van der Waals surface area (Å²) in [6, 6.07) is 0. The molecule has 2 saturated heterocycles. The van der Waals surface area contributed by atoms with Crippen LogP contribution in [0.3, 0.4) is 0 Å². The normalized spacial score (nSPS) is 23.9. The SMILES string of the molecule is CC1CCCN(c2ncnc(N3CCCC3)c2N)C1. The minimum atomic E-state index is 0.721. The van der Waals surface area contributed by atoms with Gasteiger partial charge in [0.15, 0.2) is 11.6 Å². The molecule has 2 N–H and O–H groups in total. The smallest absolute Gasteiger partial charge is 0.157 e. The van der Waals surface area contributed by atoms with Gasteiger partial charge in [-0.1, -0.05) is 6.92 Å². The molecule has 0 saturated carbocycles. The van der Waals surface area contributed by atoms with E-state index in [9.17, 15) is 0 Å². The Morgan fingerprint density at radius 2 is 1.68 bits per heavy atom. The first-order valence-electron chi connectivity index (χ1n) is 7.36. The van der Waals surface area contributed by atoms with Gasteiger partial charge in [-0.25, -0.2) is 9.97 Å². The molecule has 1 aromatic rings. The maximum absolute atomic E-state index is 6.33. The van der Waals surface area contributed by atoms with Gasteiger partial charge >= 0.3 is 0 Å². The van der Waals surface area contributed by atoms with E-state index in [0.717, 1.165) is 49.4 Å². The highest BCUT2D eigenvalue weighted by molar-refractivity contribution is 5.76. The van der Waals surface area contributed by atoms with Crippen molar-refractivity contribution >= 4 is 17.3 Å². The molecule has 2 aliphatic heterocycles. The van der Waals surface area contributed by atoms with Gasteiger partial charge < -0.3 is 15.5 Å². The molecule has 0 radical (unpaired) electrons. The molecule has 104 valence electrons. The molecule has 0 spiro atoms. The molecule has 3 heterocycles. The summed E-state index contributed by atoms with van der Waals surface area (Å²) < 4.78 is 0. The molecule has 0 aromatic carbocycles. The lowest BCUT2D eigenvalue weighted by Crippen LogP contribution is -2.35. The van der Waals surface area contributed by atoms with Gasteiger partial charge in [0.25, 0.3) is 0 Å². The first-order chi connectivity index (χ1) is 9.25. The zero-order valence-electron chi connectivity index (χ0n) is 11.7. The van der Waals surface area contributed by atoms with E-state index in [2.05, 4.69) is 26.7 Å². The van der Waals surface area contributed by atoms with Crippen LogP contribution >= 0.6 is 0 Å². The van der Waals surface area contributed by atoms with Crippen LogP contribution in [0.2, 0.25) is 0 Å². The summed E-state index contributed by atoms with van der Waals surface area (Å²) in [6.07, 6.45) is 6.67. The fourth-order valence-electron chi connectivity index (χ4n) is 3.19. The summed E-state index contributed by atoms with van der Waals surface area (Å²) in [5.41, 5.74) is 7.09. The molecule has 0 amide bonds. The number of nitrogens with zero attached hydrogens (tertiary/aromatic N) is 4. The third-order valence-corrected chi connectivity index (χ3v) is 4.20. The second kappa shape index (κ2) is 5.23. The van der Waals surface area contributed by atoms with Crippen LogP contribution in [0.1, 0.15) is 32.6 Å². The summed E-state index contributed by atoms with van der Waals surface area (Å²) >= 11 is 0. The molecule has 0 aliphatic carbocycles. The van der Waals surface area contributed by atoms with Gasteiger partial charge in [-0.2, -0.15) is 0 Å². The molecule has 5 heteroatoms. The number of anilines is 3.